The van der Waals surface area contributed by atoms with E-state index in [1.54, 1.807) is 0 Å². The van der Waals surface area contributed by atoms with Gasteiger partial charge in [0.15, 0.2) is 0 Å². The molecule has 10 unspecified atom stereocenters. The van der Waals surface area contributed by atoms with Crippen molar-refractivity contribution < 1.29 is 164 Å². The molecular formula is C90H192O34. The van der Waals surface area contributed by atoms with Gasteiger partial charge in [0.1, 0.15) is 61.0 Å². The molecule has 0 aromatic heterocycles. The van der Waals surface area contributed by atoms with Crippen molar-refractivity contribution in [1.29, 1.82) is 0 Å². The zero-order chi connectivity index (χ0) is 91.5. The standard InChI is InChI=1S/C19H40O8.2C18H38O7.2C17H36O6.CH4/c1-2-3-12-26-18(14-23-10-4-7-20)16-25-17-19(27-13-6-9-22)15-24-11-5-8-21;1-3-5-12-25-18(14-22-11-7-9-20)16-23-15-17(24-4-2)13-21-10-6-8-19;1-3-5-11-24-18(14-22-10-6-8-19)16-23-15-17(13-21-4-2)25-12-7-9-20;1-4-7-11-23-17(12-19-5-2)15-21-14-16(22-6-3)13-20-10-8-9-18;1-4-7-10-22-16(12-19-5-2)14-21-15-17(13-20-6-3)23-11-8-9-18;/h18-22H,2-17H2,1H3;2*17-20H,3-16H2,1-2H3;2*16-18H,4-15H2,1-3H3;1H4. The minimum Gasteiger partial charge on any atom is -0.396 e. The molecule has 10 atom stereocenters. The van der Waals surface area contributed by atoms with E-state index in [1.165, 1.54) is 0 Å². The first-order chi connectivity index (χ1) is 60.4. The topological polar surface area (TPSA) is 413 Å². The highest BCUT2D eigenvalue weighted by atomic mass is 16.6. The molecule has 34 nitrogen and oxygen atoms in total. The van der Waals surface area contributed by atoms with Gasteiger partial charge < -0.3 is 164 Å². The third-order valence-electron chi connectivity index (χ3n) is 16.6. The molecule has 0 fully saturated rings. The van der Waals surface area contributed by atoms with Gasteiger partial charge in [0.05, 0.1) is 132 Å². The molecule has 0 rings (SSSR count). The molecule has 0 aliphatic carbocycles. The Kier molecular flexibility index (Phi) is 129. The first-order valence-electron chi connectivity index (χ1n) is 46.7. The van der Waals surface area contributed by atoms with Crippen molar-refractivity contribution in [1.82, 2.24) is 0 Å². The maximum Gasteiger partial charge on any atom is 0.104 e. The van der Waals surface area contributed by atoms with Gasteiger partial charge in [-0.25, -0.2) is 0 Å². The van der Waals surface area contributed by atoms with Crippen LogP contribution in [0.3, 0.4) is 0 Å². The van der Waals surface area contributed by atoms with Crippen molar-refractivity contribution in [2.24, 2.45) is 0 Å². The van der Waals surface area contributed by atoms with Gasteiger partial charge in [-0.3, -0.25) is 0 Å². The minimum absolute atomic E-state index is 0. The van der Waals surface area contributed by atoms with Crippen LogP contribution in [0, 0.1) is 0 Å². The van der Waals surface area contributed by atoms with Crippen molar-refractivity contribution in [3.63, 3.8) is 0 Å². The van der Waals surface area contributed by atoms with Crippen molar-refractivity contribution >= 4 is 0 Å². The Morgan fingerprint density at radius 3 is 0.387 bits per heavy atom. The maximum atomic E-state index is 8.88. The predicted molar refractivity (Wildman–Crippen MR) is 480 cm³/mol. The third-order valence-corrected chi connectivity index (χ3v) is 16.6. The molecule has 0 radical (unpaired) electrons. The lowest BCUT2D eigenvalue weighted by Gasteiger charge is -2.21. The Bertz CT molecular complexity index is 1760. The van der Waals surface area contributed by atoms with Gasteiger partial charge in [-0.05, 0) is 131 Å². The van der Waals surface area contributed by atoms with Gasteiger partial charge in [0, 0.05) is 192 Å². The second-order valence-electron chi connectivity index (χ2n) is 28.3. The van der Waals surface area contributed by atoms with Crippen molar-refractivity contribution in [2.75, 3.05) is 324 Å². The third kappa shape index (κ3) is 108. The normalized spacial score (nSPS) is 13.8. The lowest BCUT2D eigenvalue weighted by atomic mass is 10.3. The quantitative estimate of drug-likeness (QED) is 0.0259. The van der Waals surface area contributed by atoms with Gasteiger partial charge in [0.2, 0.25) is 0 Å². The summed E-state index contributed by atoms with van der Waals surface area (Å²) in [6.45, 7) is 44.2. The number of aliphatic hydroxyl groups is 9. The van der Waals surface area contributed by atoms with Crippen LogP contribution < -0.4 is 0 Å². The summed E-state index contributed by atoms with van der Waals surface area (Å²) >= 11 is 0. The van der Waals surface area contributed by atoms with Crippen molar-refractivity contribution in [3.8, 4) is 0 Å². The molecule has 0 aromatic rings. The van der Waals surface area contributed by atoms with E-state index >= 15 is 0 Å². The summed E-state index contributed by atoms with van der Waals surface area (Å²) < 4.78 is 141. The van der Waals surface area contributed by atoms with Crippen LogP contribution in [0.1, 0.15) is 206 Å². The van der Waals surface area contributed by atoms with Crippen LogP contribution in [0.2, 0.25) is 0 Å². The SMILES string of the molecule is C.CCCCOC(COCC)COCC(COCC)OCCCO.CCCCOC(COCC)COCC(COCCCO)OCC.CCCCOC(COCCCO)COCC(COCC)OCCCO.CCCCOC(COCCCO)COCC(COCCCO)OCC.CCCCOC(COCCCO)COCC(COCCCO)OCCCO. The molecule has 0 spiro atoms. The molecule has 0 amide bonds. The highest BCUT2D eigenvalue weighted by Gasteiger charge is 2.21. The number of aliphatic hydroxyl groups excluding tert-OH is 9. The van der Waals surface area contributed by atoms with E-state index in [2.05, 4.69) is 34.6 Å². The summed E-state index contributed by atoms with van der Waals surface area (Å²) in [5.74, 6) is 0. The summed E-state index contributed by atoms with van der Waals surface area (Å²) in [7, 11) is 0. The monoisotopic (exact) mass is 1820 g/mol. The molecule has 0 aliphatic rings. The number of unbranched alkanes of at least 4 members (excludes halogenated alkanes) is 5. The molecule has 756 valence electrons. The molecule has 124 heavy (non-hydrogen) atoms. The zero-order valence-corrected chi connectivity index (χ0v) is 79.1. The van der Waals surface area contributed by atoms with Gasteiger partial charge in [-0.2, -0.15) is 0 Å². The van der Waals surface area contributed by atoms with E-state index in [9.17, 15) is 0 Å². The van der Waals surface area contributed by atoms with Crippen LogP contribution >= 0.6 is 0 Å². The Labute approximate surface area is 751 Å². The molecule has 34 heteroatoms. The molecule has 0 aliphatic heterocycles. The minimum atomic E-state index is -0.234. The fourth-order valence-corrected chi connectivity index (χ4v) is 9.77. The molecule has 0 saturated heterocycles. The average molecular weight is 1820 g/mol. The van der Waals surface area contributed by atoms with E-state index in [0.29, 0.717) is 309 Å². The van der Waals surface area contributed by atoms with E-state index in [1.807, 2.05) is 41.5 Å². The maximum absolute atomic E-state index is 8.88. The molecule has 0 bridgehead atoms. The van der Waals surface area contributed by atoms with E-state index in [4.69, 9.17) is 164 Å². The Morgan fingerprint density at radius 2 is 0.258 bits per heavy atom. The van der Waals surface area contributed by atoms with Gasteiger partial charge >= 0.3 is 0 Å². The van der Waals surface area contributed by atoms with E-state index in [-0.39, 0.29) is 128 Å². The second-order valence-corrected chi connectivity index (χ2v) is 28.3. The first-order valence-corrected chi connectivity index (χ1v) is 46.7. The zero-order valence-electron chi connectivity index (χ0n) is 79.1. The van der Waals surface area contributed by atoms with Crippen LogP contribution in [0.4, 0.5) is 0 Å². The molecule has 9 N–H and O–H groups in total. The summed E-state index contributed by atoms with van der Waals surface area (Å²) in [5.41, 5.74) is 0. The largest absolute Gasteiger partial charge is 0.396 e. The Balaban J connectivity index is -0.000000351. The lowest BCUT2D eigenvalue weighted by Crippen LogP contribution is -2.31. The van der Waals surface area contributed by atoms with Gasteiger partial charge in [-0.15, -0.1) is 0 Å². The Hall–Kier alpha value is -1.36. The predicted octanol–water partition coefficient (Wildman–Crippen LogP) is 8.23. The molecule has 0 aromatic carbocycles. The highest BCUT2D eigenvalue weighted by Crippen LogP contribution is 2.10. The van der Waals surface area contributed by atoms with Crippen LogP contribution in [-0.4, -0.2) is 431 Å². The second kappa shape index (κ2) is 120. The molecular weight excluding hydrogens is 1620 g/mol. The summed E-state index contributed by atoms with van der Waals surface area (Å²) in [6, 6.07) is 0. The van der Waals surface area contributed by atoms with E-state index < -0.39 is 0 Å². The number of hydrogen-bond donors (Lipinski definition) is 9. The van der Waals surface area contributed by atoms with Crippen molar-refractivity contribution in [2.45, 2.75) is 267 Å². The van der Waals surface area contributed by atoms with Gasteiger partial charge in [0.25, 0.3) is 0 Å². The smallest absolute Gasteiger partial charge is 0.104 e. The fraction of sp³-hybridized carbons (Fsp3) is 1.00. The van der Waals surface area contributed by atoms with Crippen LogP contribution in [0.5, 0.6) is 0 Å². The van der Waals surface area contributed by atoms with Crippen LogP contribution in [0.25, 0.3) is 0 Å². The first kappa shape index (κ1) is 133. The highest BCUT2D eigenvalue weighted by molar-refractivity contribution is 4.66. The summed E-state index contributed by atoms with van der Waals surface area (Å²) in [4.78, 5) is 0. The fourth-order valence-electron chi connectivity index (χ4n) is 9.77. The van der Waals surface area contributed by atoms with Gasteiger partial charge in [-0.1, -0.05) is 74.1 Å². The van der Waals surface area contributed by atoms with Crippen molar-refractivity contribution in [3.05, 3.63) is 0 Å². The number of ether oxygens (including phenoxy) is 25. The number of hydrogen-bond acceptors (Lipinski definition) is 34. The summed E-state index contributed by atoms with van der Waals surface area (Å²) in [6.07, 6.45) is 14.8. The Morgan fingerprint density at radius 1 is 0.137 bits per heavy atom. The average Bonchev–Trinajstić information content (AvgIpc) is 0.992. The van der Waals surface area contributed by atoms with Crippen LogP contribution in [0.15, 0.2) is 0 Å². The van der Waals surface area contributed by atoms with Crippen LogP contribution in [-0.2, 0) is 118 Å². The molecule has 0 saturated carbocycles. The molecule has 0 heterocycles. The number of rotatable bonds is 98. The van der Waals surface area contributed by atoms with E-state index in [0.717, 1.165) is 77.4 Å². The summed E-state index contributed by atoms with van der Waals surface area (Å²) in [5, 5.41) is 79.2. The lowest BCUT2D eigenvalue weighted by molar-refractivity contribution is -0.0968.